The Balaban J connectivity index is 1.81. The zero-order chi connectivity index (χ0) is 10.5. The van der Waals surface area contributed by atoms with E-state index in [4.69, 9.17) is 0 Å². The summed E-state index contributed by atoms with van der Waals surface area (Å²) >= 11 is 1.88. The van der Waals surface area contributed by atoms with Gasteiger partial charge in [-0.05, 0) is 37.1 Å². The van der Waals surface area contributed by atoms with Crippen molar-refractivity contribution >= 4 is 11.3 Å². The molecule has 1 fully saturated rings. The maximum Gasteiger partial charge on any atom is 0.0115 e. The Hall–Kier alpha value is -0.340. The number of thiophene rings is 1. The fraction of sp³-hybridized carbons (Fsp3) is 0.692. The molecule has 2 rings (SSSR count). The maximum atomic E-state index is 3.81. The van der Waals surface area contributed by atoms with E-state index in [9.17, 15) is 0 Å². The molecule has 0 spiro atoms. The third-order valence-electron chi connectivity index (χ3n) is 3.35. The molecule has 1 nitrogen and oxygen atoms in total. The van der Waals surface area contributed by atoms with Crippen LogP contribution in [0.4, 0.5) is 0 Å². The Bertz CT molecular complexity index is 262. The van der Waals surface area contributed by atoms with Gasteiger partial charge in [0.25, 0.3) is 0 Å². The number of hydrogen-bond acceptors (Lipinski definition) is 2. The van der Waals surface area contributed by atoms with Crippen molar-refractivity contribution in [3.63, 3.8) is 0 Å². The summed E-state index contributed by atoms with van der Waals surface area (Å²) in [7, 11) is 0. The van der Waals surface area contributed by atoms with E-state index in [1.807, 2.05) is 11.3 Å². The molecule has 15 heavy (non-hydrogen) atoms. The molecule has 1 aliphatic rings. The molecule has 1 aliphatic carbocycles. The van der Waals surface area contributed by atoms with Crippen molar-refractivity contribution in [1.82, 2.24) is 5.32 Å². The average molecular weight is 223 g/mol. The van der Waals surface area contributed by atoms with Gasteiger partial charge in [0.15, 0.2) is 0 Å². The van der Waals surface area contributed by atoms with Gasteiger partial charge < -0.3 is 5.32 Å². The molecule has 1 aromatic rings. The summed E-state index contributed by atoms with van der Waals surface area (Å²) in [4.78, 5) is 1.52. The van der Waals surface area contributed by atoms with Gasteiger partial charge in [0.2, 0.25) is 0 Å². The summed E-state index contributed by atoms with van der Waals surface area (Å²) < 4.78 is 0. The van der Waals surface area contributed by atoms with Gasteiger partial charge in [-0.15, -0.1) is 11.3 Å². The molecule has 0 radical (unpaired) electrons. The van der Waals surface area contributed by atoms with Crippen LogP contribution in [0.3, 0.4) is 0 Å². The number of nitrogens with one attached hydrogen (secondary N) is 1. The highest BCUT2D eigenvalue weighted by Gasteiger charge is 2.18. The monoisotopic (exact) mass is 223 g/mol. The van der Waals surface area contributed by atoms with E-state index in [1.165, 1.54) is 43.4 Å². The van der Waals surface area contributed by atoms with Crippen molar-refractivity contribution in [2.24, 2.45) is 0 Å². The average Bonchev–Trinajstić information content (AvgIpc) is 2.89. The lowest BCUT2D eigenvalue weighted by atomic mass is 10.1. The van der Waals surface area contributed by atoms with Crippen LogP contribution in [0.25, 0.3) is 0 Å². The Labute approximate surface area is 96.9 Å². The molecule has 0 aromatic carbocycles. The molecule has 1 atom stereocenters. The Morgan fingerprint density at radius 2 is 2.27 bits per heavy atom. The summed E-state index contributed by atoms with van der Waals surface area (Å²) in [6.45, 7) is 2.29. The molecule has 1 aromatic heterocycles. The molecule has 0 aliphatic heterocycles. The van der Waals surface area contributed by atoms with Crippen molar-refractivity contribution < 1.29 is 0 Å². The van der Waals surface area contributed by atoms with Gasteiger partial charge in [0, 0.05) is 17.0 Å². The first kappa shape index (κ1) is 11.2. The van der Waals surface area contributed by atoms with E-state index in [0.29, 0.717) is 6.04 Å². The minimum Gasteiger partial charge on any atom is -0.311 e. The minimum atomic E-state index is 0.687. The second-order valence-electron chi connectivity index (χ2n) is 4.54. The smallest absolute Gasteiger partial charge is 0.0115 e. The van der Waals surface area contributed by atoms with Crippen molar-refractivity contribution in [3.8, 4) is 0 Å². The number of rotatable bonds is 5. The third kappa shape index (κ3) is 3.32. The second-order valence-corrected chi connectivity index (χ2v) is 5.57. The second kappa shape index (κ2) is 5.66. The first-order valence-electron chi connectivity index (χ1n) is 6.17. The van der Waals surface area contributed by atoms with Crippen molar-refractivity contribution in [2.75, 3.05) is 0 Å². The highest BCUT2D eigenvalue weighted by molar-refractivity contribution is 7.09. The summed E-state index contributed by atoms with van der Waals surface area (Å²) in [6, 6.07) is 5.90. The van der Waals surface area contributed by atoms with Crippen molar-refractivity contribution in [2.45, 2.75) is 57.5 Å². The van der Waals surface area contributed by atoms with Crippen LogP contribution in [0.5, 0.6) is 0 Å². The summed E-state index contributed by atoms with van der Waals surface area (Å²) in [6.07, 6.45) is 8.08. The lowest BCUT2D eigenvalue weighted by Gasteiger charge is -2.21. The Kier molecular flexibility index (Phi) is 4.21. The van der Waals surface area contributed by atoms with Crippen LogP contribution in [-0.2, 0) is 6.42 Å². The van der Waals surface area contributed by atoms with E-state index in [-0.39, 0.29) is 0 Å². The SMILES string of the molecule is CCC(Cc1cccs1)NC1CCCC1. The van der Waals surface area contributed by atoms with E-state index in [1.54, 1.807) is 0 Å². The first-order chi connectivity index (χ1) is 7.38. The molecule has 0 bridgehead atoms. The predicted octanol–water partition coefficient (Wildman–Crippen LogP) is 3.60. The fourth-order valence-electron chi connectivity index (χ4n) is 2.42. The van der Waals surface area contributed by atoms with Gasteiger partial charge in [-0.1, -0.05) is 25.8 Å². The zero-order valence-corrected chi connectivity index (χ0v) is 10.4. The van der Waals surface area contributed by atoms with Crippen molar-refractivity contribution in [3.05, 3.63) is 22.4 Å². The summed E-state index contributed by atoms with van der Waals surface area (Å²) in [5, 5.41) is 5.99. The first-order valence-corrected chi connectivity index (χ1v) is 7.05. The summed E-state index contributed by atoms with van der Waals surface area (Å²) in [5.74, 6) is 0. The molecule has 84 valence electrons. The molecule has 0 amide bonds. The largest absolute Gasteiger partial charge is 0.311 e. The highest BCUT2D eigenvalue weighted by Crippen LogP contribution is 2.20. The van der Waals surface area contributed by atoms with Crippen molar-refractivity contribution in [1.29, 1.82) is 0 Å². The highest BCUT2D eigenvalue weighted by atomic mass is 32.1. The van der Waals surface area contributed by atoms with Crippen LogP contribution < -0.4 is 5.32 Å². The molecule has 1 heterocycles. The van der Waals surface area contributed by atoms with E-state index >= 15 is 0 Å². The molecular formula is C13H21NS. The van der Waals surface area contributed by atoms with Crippen LogP contribution in [0.2, 0.25) is 0 Å². The summed E-state index contributed by atoms with van der Waals surface area (Å²) in [5.41, 5.74) is 0. The zero-order valence-electron chi connectivity index (χ0n) is 9.54. The van der Waals surface area contributed by atoms with Crippen LogP contribution >= 0.6 is 11.3 Å². The molecule has 1 saturated carbocycles. The topological polar surface area (TPSA) is 12.0 Å². The Morgan fingerprint density at radius 1 is 1.47 bits per heavy atom. The van der Waals surface area contributed by atoms with E-state index in [2.05, 4.69) is 29.8 Å². The molecular weight excluding hydrogens is 202 g/mol. The van der Waals surface area contributed by atoms with Gasteiger partial charge >= 0.3 is 0 Å². The van der Waals surface area contributed by atoms with E-state index < -0.39 is 0 Å². The molecule has 1 unspecified atom stereocenters. The third-order valence-corrected chi connectivity index (χ3v) is 4.25. The van der Waals surface area contributed by atoms with Crippen LogP contribution in [0.1, 0.15) is 43.9 Å². The van der Waals surface area contributed by atoms with Gasteiger partial charge in [0.1, 0.15) is 0 Å². The maximum absolute atomic E-state index is 3.81. The standard InChI is InChI=1S/C13H21NS/c1-2-11(10-13-8-5-9-15-13)14-12-6-3-4-7-12/h5,8-9,11-12,14H,2-4,6-7,10H2,1H3. The van der Waals surface area contributed by atoms with Gasteiger partial charge in [0.05, 0.1) is 0 Å². The lowest BCUT2D eigenvalue weighted by molar-refractivity contribution is 0.419. The van der Waals surface area contributed by atoms with Crippen LogP contribution in [0.15, 0.2) is 17.5 Å². The number of hydrogen-bond donors (Lipinski definition) is 1. The quantitative estimate of drug-likeness (QED) is 0.804. The predicted molar refractivity (Wildman–Crippen MR) is 67.5 cm³/mol. The molecule has 2 heteroatoms. The Morgan fingerprint density at radius 3 is 2.87 bits per heavy atom. The van der Waals surface area contributed by atoms with E-state index in [0.717, 1.165) is 6.04 Å². The minimum absolute atomic E-state index is 0.687. The van der Waals surface area contributed by atoms with Gasteiger partial charge in [-0.25, -0.2) is 0 Å². The molecule has 0 saturated heterocycles. The fourth-order valence-corrected chi connectivity index (χ4v) is 3.20. The van der Waals surface area contributed by atoms with Crippen LogP contribution in [-0.4, -0.2) is 12.1 Å². The lowest BCUT2D eigenvalue weighted by Crippen LogP contribution is -2.37. The van der Waals surface area contributed by atoms with Gasteiger partial charge in [-0.3, -0.25) is 0 Å². The van der Waals surface area contributed by atoms with Gasteiger partial charge in [-0.2, -0.15) is 0 Å². The normalized spacial score (nSPS) is 19.5. The molecule has 1 N–H and O–H groups in total. The van der Waals surface area contributed by atoms with Crippen LogP contribution in [0, 0.1) is 0 Å².